The Balaban J connectivity index is 2.09. The summed E-state index contributed by atoms with van der Waals surface area (Å²) < 4.78 is 45.6. The van der Waals surface area contributed by atoms with Gasteiger partial charge in [-0.15, -0.1) is 11.6 Å². The zero-order valence-corrected chi connectivity index (χ0v) is 10.1. The number of aromatic nitrogens is 2. The van der Waals surface area contributed by atoms with Gasteiger partial charge in [0.2, 0.25) is 11.0 Å². The number of halogens is 4. The second-order valence-electron chi connectivity index (χ2n) is 3.49. The van der Waals surface area contributed by atoms with Crippen molar-refractivity contribution in [3.63, 3.8) is 0 Å². The number of ether oxygens (including phenoxy) is 1. The summed E-state index contributed by atoms with van der Waals surface area (Å²) in [5.41, 5.74) is 0. The van der Waals surface area contributed by atoms with Crippen LogP contribution in [0.5, 0.6) is 0 Å². The average Bonchev–Trinajstić information content (AvgIpc) is 2.78. The molecule has 0 aromatic carbocycles. The molecule has 2 heterocycles. The summed E-state index contributed by atoms with van der Waals surface area (Å²) in [4.78, 5) is 5.20. The van der Waals surface area contributed by atoms with Crippen molar-refractivity contribution < 1.29 is 17.9 Å². The molecule has 1 aromatic heterocycles. The maximum absolute atomic E-state index is 12.3. The normalized spacial score (nSPS) is 21.9. The summed E-state index contributed by atoms with van der Waals surface area (Å²) in [5.74, 6) is -0.784. The number of hydrogen-bond donors (Lipinski definition) is 0. The molecule has 0 amide bonds. The summed E-state index contributed by atoms with van der Waals surface area (Å²) in [6, 6.07) is 0. The maximum Gasteiger partial charge on any atom is 0.452 e. The van der Waals surface area contributed by atoms with Crippen LogP contribution in [0.2, 0.25) is 0 Å². The van der Waals surface area contributed by atoms with Crippen LogP contribution in [0.3, 0.4) is 0 Å². The van der Waals surface area contributed by atoms with E-state index in [1.165, 1.54) is 0 Å². The highest BCUT2D eigenvalue weighted by Gasteiger charge is 2.37. The van der Waals surface area contributed by atoms with Crippen LogP contribution in [0.25, 0.3) is 0 Å². The second-order valence-corrected chi connectivity index (χ2v) is 4.53. The SMILES string of the molecule is FC(F)(F)c1nsc(N2CCOC(CCl)C2)n1. The van der Waals surface area contributed by atoms with Crippen molar-refractivity contribution in [3.8, 4) is 0 Å². The molecule has 1 aliphatic heterocycles. The zero-order chi connectivity index (χ0) is 12.5. The van der Waals surface area contributed by atoms with Crippen molar-refractivity contribution in [2.75, 3.05) is 30.5 Å². The van der Waals surface area contributed by atoms with Gasteiger partial charge in [0.05, 0.1) is 18.6 Å². The number of nitrogens with zero attached hydrogens (tertiary/aromatic N) is 3. The summed E-state index contributed by atoms with van der Waals surface area (Å²) in [5, 5.41) is 0.260. The van der Waals surface area contributed by atoms with Crippen LogP contribution in [-0.2, 0) is 10.9 Å². The summed E-state index contributed by atoms with van der Waals surface area (Å²) in [6.45, 7) is 1.37. The third-order valence-corrected chi connectivity index (χ3v) is 3.37. The van der Waals surface area contributed by atoms with Crippen molar-refractivity contribution >= 4 is 28.3 Å². The van der Waals surface area contributed by atoms with Crippen molar-refractivity contribution in [1.29, 1.82) is 0 Å². The van der Waals surface area contributed by atoms with Gasteiger partial charge in [-0.1, -0.05) is 0 Å². The first kappa shape index (κ1) is 12.8. The Morgan fingerprint density at radius 2 is 2.29 bits per heavy atom. The molecule has 1 unspecified atom stereocenters. The molecule has 2 rings (SSSR count). The van der Waals surface area contributed by atoms with Crippen molar-refractivity contribution in [3.05, 3.63) is 5.82 Å². The molecular formula is C8H9ClF3N3OS. The highest BCUT2D eigenvalue weighted by atomic mass is 35.5. The molecular weight excluding hydrogens is 279 g/mol. The van der Waals surface area contributed by atoms with Gasteiger partial charge in [0.25, 0.3) is 0 Å². The molecule has 9 heteroatoms. The topological polar surface area (TPSA) is 38.2 Å². The molecule has 4 nitrogen and oxygen atoms in total. The van der Waals surface area contributed by atoms with E-state index in [1.54, 1.807) is 4.90 Å². The third kappa shape index (κ3) is 2.99. The van der Waals surface area contributed by atoms with Crippen LogP contribution in [0, 0.1) is 0 Å². The van der Waals surface area contributed by atoms with E-state index in [9.17, 15) is 13.2 Å². The van der Waals surface area contributed by atoms with Gasteiger partial charge in [-0.2, -0.15) is 22.5 Å². The van der Waals surface area contributed by atoms with Gasteiger partial charge in [0.15, 0.2) is 0 Å². The van der Waals surface area contributed by atoms with Gasteiger partial charge in [0, 0.05) is 24.6 Å². The van der Waals surface area contributed by atoms with E-state index in [0.29, 0.717) is 25.6 Å². The highest BCUT2D eigenvalue weighted by molar-refractivity contribution is 7.09. The Labute approximate surface area is 105 Å². The second kappa shape index (κ2) is 4.95. The van der Waals surface area contributed by atoms with Crippen LogP contribution in [-0.4, -0.2) is 41.0 Å². The van der Waals surface area contributed by atoms with E-state index in [4.69, 9.17) is 16.3 Å². The lowest BCUT2D eigenvalue weighted by Crippen LogP contribution is -2.43. The molecule has 1 fully saturated rings. The predicted molar refractivity (Wildman–Crippen MR) is 57.6 cm³/mol. The van der Waals surface area contributed by atoms with Crippen LogP contribution in [0.15, 0.2) is 0 Å². The largest absolute Gasteiger partial charge is 0.452 e. The molecule has 1 atom stereocenters. The summed E-state index contributed by atoms with van der Waals surface area (Å²) >= 11 is 6.39. The predicted octanol–water partition coefficient (Wildman–Crippen LogP) is 2.00. The van der Waals surface area contributed by atoms with Crippen molar-refractivity contribution in [2.45, 2.75) is 12.3 Å². The van der Waals surface area contributed by atoms with Gasteiger partial charge in [-0.3, -0.25) is 0 Å². The minimum atomic E-state index is -4.49. The van der Waals surface area contributed by atoms with Gasteiger partial charge in [0.1, 0.15) is 0 Å². The Morgan fingerprint density at radius 1 is 1.53 bits per heavy atom. The fourth-order valence-corrected chi connectivity index (χ4v) is 2.35. The molecule has 0 bridgehead atoms. The number of anilines is 1. The third-order valence-electron chi connectivity index (χ3n) is 2.25. The minimum Gasteiger partial charge on any atom is -0.373 e. The lowest BCUT2D eigenvalue weighted by Gasteiger charge is -2.31. The van der Waals surface area contributed by atoms with E-state index in [0.717, 1.165) is 11.5 Å². The zero-order valence-electron chi connectivity index (χ0n) is 8.58. The molecule has 1 saturated heterocycles. The summed E-state index contributed by atoms with van der Waals surface area (Å²) in [6.07, 6.45) is -4.67. The quantitative estimate of drug-likeness (QED) is 0.780. The molecule has 96 valence electrons. The first-order valence-electron chi connectivity index (χ1n) is 4.84. The molecule has 0 aliphatic carbocycles. The van der Waals surface area contributed by atoms with E-state index in [1.807, 2.05) is 0 Å². The fraction of sp³-hybridized carbons (Fsp3) is 0.750. The molecule has 1 aliphatic rings. The monoisotopic (exact) mass is 287 g/mol. The molecule has 0 saturated carbocycles. The van der Waals surface area contributed by atoms with Gasteiger partial charge >= 0.3 is 6.18 Å². The lowest BCUT2D eigenvalue weighted by atomic mass is 10.3. The van der Waals surface area contributed by atoms with Gasteiger partial charge in [-0.05, 0) is 0 Å². The number of morpholine rings is 1. The molecule has 0 N–H and O–H groups in total. The highest BCUT2D eigenvalue weighted by Crippen LogP contribution is 2.30. The van der Waals surface area contributed by atoms with E-state index >= 15 is 0 Å². The number of rotatable bonds is 2. The average molecular weight is 288 g/mol. The van der Waals surface area contributed by atoms with Crippen molar-refractivity contribution in [1.82, 2.24) is 9.36 Å². The van der Waals surface area contributed by atoms with Crippen LogP contribution in [0.4, 0.5) is 18.3 Å². The number of alkyl halides is 4. The minimum absolute atomic E-state index is 0.177. The van der Waals surface area contributed by atoms with E-state index < -0.39 is 12.0 Å². The van der Waals surface area contributed by atoms with Gasteiger partial charge < -0.3 is 9.64 Å². The number of hydrogen-bond acceptors (Lipinski definition) is 5. The molecule has 17 heavy (non-hydrogen) atoms. The Bertz CT molecular complexity index is 386. The van der Waals surface area contributed by atoms with Gasteiger partial charge in [-0.25, -0.2) is 0 Å². The Hall–Kier alpha value is -0.600. The van der Waals surface area contributed by atoms with Crippen LogP contribution >= 0.6 is 23.1 Å². The maximum atomic E-state index is 12.3. The van der Waals surface area contributed by atoms with E-state index in [2.05, 4.69) is 9.36 Å². The first-order chi connectivity index (χ1) is 8.00. The molecule has 0 spiro atoms. The fourth-order valence-electron chi connectivity index (χ4n) is 1.45. The smallest absolute Gasteiger partial charge is 0.373 e. The Kier molecular flexibility index (Phi) is 3.74. The van der Waals surface area contributed by atoms with E-state index in [-0.39, 0.29) is 11.2 Å². The lowest BCUT2D eigenvalue weighted by molar-refractivity contribution is -0.144. The first-order valence-corrected chi connectivity index (χ1v) is 6.15. The molecule has 1 aromatic rings. The van der Waals surface area contributed by atoms with Crippen LogP contribution < -0.4 is 4.90 Å². The molecule has 0 radical (unpaired) electrons. The standard InChI is InChI=1S/C8H9ClF3N3OS/c9-3-5-4-15(1-2-16-5)7-13-6(14-17-7)8(10,11)12/h5H,1-4H2. The van der Waals surface area contributed by atoms with Crippen molar-refractivity contribution in [2.24, 2.45) is 0 Å². The summed E-state index contributed by atoms with van der Waals surface area (Å²) in [7, 11) is 0. The van der Waals surface area contributed by atoms with Crippen LogP contribution in [0.1, 0.15) is 5.82 Å². The Morgan fingerprint density at radius 3 is 2.88 bits per heavy atom.